The van der Waals surface area contributed by atoms with Crippen LogP contribution in [0, 0.1) is 0 Å². The van der Waals surface area contributed by atoms with Crippen LogP contribution in [0.15, 0.2) is 30.5 Å². The Morgan fingerprint density at radius 3 is 2.83 bits per heavy atom. The highest BCUT2D eigenvalue weighted by atomic mass is 35.5. The molecule has 0 saturated heterocycles. The minimum atomic E-state index is -0.115. The van der Waals surface area contributed by atoms with Gasteiger partial charge in [-0.25, -0.2) is 4.98 Å². The van der Waals surface area contributed by atoms with Gasteiger partial charge in [0, 0.05) is 23.9 Å². The molecule has 2 N–H and O–H groups in total. The Hall–Kier alpha value is -2.11. The number of benzene rings is 1. The van der Waals surface area contributed by atoms with Gasteiger partial charge in [0.25, 0.3) is 0 Å². The molecule has 23 heavy (non-hydrogen) atoms. The van der Waals surface area contributed by atoms with Gasteiger partial charge in [-0.05, 0) is 37.1 Å². The number of aromatic nitrogens is 1. The zero-order chi connectivity index (χ0) is 16.8. The maximum atomic E-state index is 10.7. The SMILES string of the molecule is COc1ccc(CCO)cc1C(C)Nc1ncc(C=O)cc1Cl. The number of hydrogen-bond donors (Lipinski definition) is 2. The van der Waals surface area contributed by atoms with Gasteiger partial charge in [-0.1, -0.05) is 17.7 Å². The Bertz CT molecular complexity index is 692. The van der Waals surface area contributed by atoms with E-state index < -0.39 is 0 Å². The first-order chi connectivity index (χ1) is 11.1. The number of aliphatic hydroxyl groups is 1. The number of nitrogens with one attached hydrogen (secondary N) is 1. The van der Waals surface area contributed by atoms with Crippen molar-refractivity contribution in [3.8, 4) is 5.75 Å². The summed E-state index contributed by atoms with van der Waals surface area (Å²) in [6.07, 6.45) is 2.75. The van der Waals surface area contributed by atoms with Crippen LogP contribution in [-0.4, -0.2) is 30.1 Å². The van der Waals surface area contributed by atoms with Crippen LogP contribution in [0.4, 0.5) is 5.82 Å². The van der Waals surface area contributed by atoms with Gasteiger partial charge in [-0.2, -0.15) is 0 Å². The van der Waals surface area contributed by atoms with E-state index in [1.54, 1.807) is 13.2 Å². The third-order valence-corrected chi connectivity index (χ3v) is 3.80. The number of aldehydes is 1. The Kier molecular flexibility index (Phi) is 5.96. The molecule has 122 valence electrons. The number of ether oxygens (including phenoxy) is 1. The van der Waals surface area contributed by atoms with Crippen LogP contribution < -0.4 is 10.1 Å². The van der Waals surface area contributed by atoms with E-state index in [2.05, 4.69) is 10.3 Å². The minimum Gasteiger partial charge on any atom is -0.496 e. The molecule has 0 bridgehead atoms. The van der Waals surface area contributed by atoms with Gasteiger partial charge >= 0.3 is 0 Å². The van der Waals surface area contributed by atoms with Gasteiger partial charge in [-0.3, -0.25) is 4.79 Å². The third kappa shape index (κ3) is 4.21. The van der Waals surface area contributed by atoms with Crippen molar-refractivity contribution in [2.75, 3.05) is 19.0 Å². The highest BCUT2D eigenvalue weighted by molar-refractivity contribution is 6.33. The predicted molar refractivity (Wildman–Crippen MR) is 90.5 cm³/mol. The van der Waals surface area contributed by atoms with E-state index >= 15 is 0 Å². The molecular weight excluding hydrogens is 316 g/mol. The Balaban J connectivity index is 2.27. The summed E-state index contributed by atoms with van der Waals surface area (Å²) in [6.45, 7) is 2.06. The zero-order valence-corrected chi connectivity index (χ0v) is 13.8. The van der Waals surface area contributed by atoms with Crippen LogP contribution in [0.5, 0.6) is 5.75 Å². The third-order valence-electron chi connectivity index (χ3n) is 3.51. The molecule has 1 atom stereocenters. The summed E-state index contributed by atoms with van der Waals surface area (Å²) in [4.78, 5) is 14.9. The van der Waals surface area contributed by atoms with Gasteiger partial charge in [0.2, 0.25) is 0 Å². The average Bonchev–Trinajstić information content (AvgIpc) is 2.56. The summed E-state index contributed by atoms with van der Waals surface area (Å²) in [5, 5.41) is 12.7. The number of hydrogen-bond acceptors (Lipinski definition) is 5. The molecule has 0 saturated carbocycles. The summed E-state index contributed by atoms with van der Waals surface area (Å²) in [6, 6.07) is 7.24. The second-order valence-electron chi connectivity index (χ2n) is 5.13. The van der Waals surface area contributed by atoms with Crippen LogP contribution in [0.3, 0.4) is 0 Å². The second kappa shape index (κ2) is 7.94. The van der Waals surface area contributed by atoms with E-state index in [1.807, 2.05) is 25.1 Å². The molecule has 2 rings (SSSR count). The maximum absolute atomic E-state index is 10.7. The fourth-order valence-corrected chi connectivity index (χ4v) is 2.54. The molecule has 1 heterocycles. The smallest absolute Gasteiger partial charge is 0.151 e. The van der Waals surface area contributed by atoms with Crippen LogP contribution in [0.2, 0.25) is 5.02 Å². The number of methoxy groups -OCH3 is 1. The lowest BCUT2D eigenvalue weighted by Gasteiger charge is -2.19. The second-order valence-corrected chi connectivity index (χ2v) is 5.54. The predicted octanol–water partition coefficient (Wildman–Crippen LogP) is 3.26. The first-order valence-corrected chi connectivity index (χ1v) is 7.61. The molecule has 5 nitrogen and oxygen atoms in total. The fourth-order valence-electron chi connectivity index (χ4n) is 2.31. The molecule has 0 fully saturated rings. The molecule has 6 heteroatoms. The van der Waals surface area contributed by atoms with Crippen LogP contribution >= 0.6 is 11.6 Å². The van der Waals surface area contributed by atoms with Crippen molar-refractivity contribution in [1.29, 1.82) is 0 Å². The van der Waals surface area contributed by atoms with Crippen LogP contribution in [0.1, 0.15) is 34.5 Å². The van der Waals surface area contributed by atoms with Gasteiger partial charge < -0.3 is 15.2 Å². The van der Waals surface area contributed by atoms with E-state index in [4.69, 9.17) is 21.4 Å². The lowest BCUT2D eigenvalue weighted by atomic mass is 10.0. The summed E-state index contributed by atoms with van der Waals surface area (Å²) in [5.41, 5.74) is 2.39. The zero-order valence-electron chi connectivity index (χ0n) is 13.0. The standard InChI is InChI=1S/C17H19ClN2O3/c1-11(20-17-15(18)8-13(10-22)9-19-17)14-7-12(5-6-21)3-4-16(14)23-2/h3-4,7-11,21H,5-6H2,1-2H3,(H,19,20). The normalized spacial score (nSPS) is 11.8. The van der Waals surface area contributed by atoms with Gasteiger partial charge in [0.1, 0.15) is 11.6 Å². The van der Waals surface area contributed by atoms with Crippen LogP contribution in [-0.2, 0) is 6.42 Å². The number of carbonyl (C=O) groups is 1. The van der Waals surface area contributed by atoms with E-state index in [0.29, 0.717) is 29.1 Å². The van der Waals surface area contributed by atoms with E-state index in [1.165, 1.54) is 6.20 Å². The Morgan fingerprint density at radius 2 is 2.22 bits per heavy atom. The largest absolute Gasteiger partial charge is 0.496 e. The number of nitrogens with zero attached hydrogens (tertiary/aromatic N) is 1. The topological polar surface area (TPSA) is 71.5 Å². The number of halogens is 1. The van der Waals surface area contributed by atoms with Crippen molar-refractivity contribution in [1.82, 2.24) is 4.98 Å². The number of rotatable bonds is 7. The van der Waals surface area contributed by atoms with Crippen molar-refractivity contribution < 1.29 is 14.6 Å². The van der Waals surface area contributed by atoms with Crippen LogP contribution in [0.25, 0.3) is 0 Å². The Labute approximate surface area is 140 Å². The number of aliphatic hydroxyl groups excluding tert-OH is 1. The number of pyridine rings is 1. The summed E-state index contributed by atoms with van der Waals surface area (Å²) < 4.78 is 5.40. The average molecular weight is 335 g/mol. The first-order valence-electron chi connectivity index (χ1n) is 7.24. The summed E-state index contributed by atoms with van der Waals surface area (Å²) >= 11 is 6.15. The van der Waals surface area contributed by atoms with Crippen molar-refractivity contribution in [2.24, 2.45) is 0 Å². The quantitative estimate of drug-likeness (QED) is 0.760. The van der Waals surface area contributed by atoms with Gasteiger partial charge in [-0.15, -0.1) is 0 Å². The minimum absolute atomic E-state index is 0.0914. The van der Waals surface area contributed by atoms with E-state index in [9.17, 15) is 4.79 Å². The van der Waals surface area contributed by atoms with E-state index in [-0.39, 0.29) is 12.6 Å². The van der Waals surface area contributed by atoms with Gasteiger partial charge in [0.05, 0.1) is 18.2 Å². The van der Waals surface area contributed by atoms with Gasteiger partial charge in [0.15, 0.2) is 6.29 Å². The molecule has 0 amide bonds. The van der Waals surface area contributed by atoms with Crippen molar-refractivity contribution in [3.05, 3.63) is 52.2 Å². The summed E-state index contributed by atoms with van der Waals surface area (Å²) in [7, 11) is 1.61. The molecule has 0 aliphatic heterocycles. The highest BCUT2D eigenvalue weighted by Crippen LogP contribution is 2.30. The molecule has 0 aliphatic rings. The monoisotopic (exact) mass is 334 g/mol. The van der Waals surface area contributed by atoms with Crippen molar-refractivity contribution in [3.63, 3.8) is 0 Å². The molecule has 2 aromatic rings. The number of anilines is 1. The highest BCUT2D eigenvalue weighted by Gasteiger charge is 2.14. The molecule has 1 aromatic carbocycles. The molecular formula is C17H19ClN2O3. The van der Waals surface area contributed by atoms with Crippen molar-refractivity contribution >= 4 is 23.7 Å². The fraction of sp³-hybridized carbons (Fsp3) is 0.294. The van der Waals surface area contributed by atoms with Crippen molar-refractivity contribution in [2.45, 2.75) is 19.4 Å². The Morgan fingerprint density at radius 1 is 1.43 bits per heavy atom. The maximum Gasteiger partial charge on any atom is 0.151 e. The lowest BCUT2D eigenvalue weighted by Crippen LogP contribution is -2.10. The number of carbonyl (C=O) groups excluding carboxylic acids is 1. The first kappa shape index (κ1) is 17.2. The lowest BCUT2D eigenvalue weighted by molar-refractivity contribution is 0.112. The molecule has 1 aromatic heterocycles. The molecule has 0 aliphatic carbocycles. The molecule has 0 radical (unpaired) electrons. The van der Waals surface area contributed by atoms with E-state index in [0.717, 1.165) is 16.9 Å². The summed E-state index contributed by atoms with van der Waals surface area (Å²) in [5.74, 6) is 1.24. The molecule has 0 spiro atoms. The molecule has 1 unspecified atom stereocenters.